The number of halogens is 1. The first-order valence-corrected chi connectivity index (χ1v) is 5.44. The van der Waals surface area contributed by atoms with Gasteiger partial charge in [0.15, 0.2) is 5.52 Å². The maximum absolute atomic E-state index is 13.3. The SMILES string of the molecule is CC(C)c1cc2cc(F)cc([N+](=O)[O-])c2nc1N. The van der Waals surface area contributed by atoms with E-state index >= 15 is 0 Å². The number of benzene rings is 1. The van der Waals surface area contributed by atoms with E-state index in [1.807, 2.05) is 13.8 Å². The van der Waals surface area contributed by atoms with Gasteiger partial charge in [0.05, 0.1) is 11.0 Å². The average molecular weight is 249 g/mol. The molecule has 1 aromatic carbocycles. The Bertz CT molecular complexity index is 641. The second-order valence-electron chi connectivity index (χ2n) is 4.37. The van der Waals surface area contributed by atoms with Crippen LogP contribution in [0.4, 0.5) is 15.9 Å². The zero-order valence-corrected chi connectivity index (χ0v) is 9.98. The highest BCUT2D eigenvalue weighted by atomic mass is 19.1. The number of nitrogens with two attached hydrogens (primary N) is 1. The molecule has 2 aromatic rings. The molecular formula is C12H12FN3O2. The molecule has 1 heterocycles. The van der Waals surface area contributed by atoms with E-state index in [4.69, 9.17) is 5.73 Å². The monoisotopic (exact) mass is 249 g/mol. The third kappa shape index (κ3) is 1.97. The summed E-state index contributed by atoms with van der Waals surface area (Å²) in [6.45, 7) is 3.85. The largest absolute Gasteiger partial charge is 0.383 e. The van der Waals surface area contributed by atoms with Crippen molar-refractivity contribution in [3.8, 4) is 0 Å². The molecule has 0 aliphatic carbocycles. The van der Waals surface area contributed by atoms with Crippen LogP contribution < -0.4 is 5.73 Å². The van der Waals surface area contributed by atoms with E-state index in [9.17, 15) is 14.5 Å². The Morgan fingerprint density at radius 1 is 1.39 bits per heavy atom. The molecule has 0 unspecified atom stereocenters. The van der Waals surface area contributed by atoms with Gasteiger partial charge in [-0.05, 0) is 23.6 Å². The fourth-order valence-corrected chi connectivity index (χ4v) is 1.87. The number of rotatable bonds is 2. The molecule has 0 spiro atoms. The molecule has 0 aliphatic rings. The van der Waals surface area contributed by atoms with Crippen LogP contribution in [0.25, 0.3) is 10.9 Å². The van der Waals surface area contributed by atoms with E-state index in [-0.39, 0.29) is 22.9 Å². The maximum Gasteiger partial charge on any atom is 0.298 e. The Balaban J connectivity index is 2.83. The van der Waals surface area contributed by atoms with Crippen LogP contribution in [0.15, 0.2) is 18.2 Å². The molecule has 5 nitrogen and oxygen atoms in total. The van der Waals surface area contributed by atoms with Gasteiger partial charge >= 0.3 is 0 Å². The predicted octanol–water partition coefficient (Wildman–Crippen LogP) is 2.99. The topological polar surface area (TPSA) is 82.0 Å². The van der Waals surface area contributed by atoms with Gasteiger partial charge in [0.2, 0.25) is 0 Å². The first-order chi connectivity index (χ1) is 8.40. The van der Waals surface area contributed by atoms with Crippen LogP contribution in [0, 0.1) is 15.9 Å². The van der Waals surface area contributed by atoms with Gasteiger partial charge in [-0.25, -0.2) is 9.37 Å². The minimum atomic E-state index is -0.660. The molecule has 0 atom stereocenters. The van der Waals surface area contributed by atoms with Crippen LogP contribution >= 0.6 is 0 Å². The molecular weight excluding hydrogens is 237 g/mol. The molecule has 0 bridgehead atoms. The second-order valence-corrected chi connectivity index (χ2v) is 4.37. The molecule has 0 saturated carbocycles. The van der Waals surface area contributed by atoms with Crippen molar-refractivity contribution in [2.24, 2.45) is 0 Å². The van der Waals surface area contributed by atoms with E-state index in [0.717, 1.165) is 11.6 Å². The third-order valence-electron chi connectivity index (χ3n) is 2.74. The number of nitro benzene ring substituents is 1. The molecule has 0 fully saturated rings. The Kier molecular flexibility index (Phi) is 2.86. The summed E-state index contributed by atoms with van der Waals surface area (Å²) in [5.74, 6) is -0.299. The number of anilines is 1. The lowest BCUT2D eigenvalue weighted by atomic mass is 10.0. The summed E-state index contributed by atoms with van der Waals surface area (Å²) < 4.78 is 13.3. The summed E-state index contributed by atoms with van der Waals surface area (Å²) in [6.07, 6.45) is 0. The van der Waals surface area contributed by atoms with Crippen LogP contribution in [0.1, 0.15) is 25.3 Å². The van der Waals surface area contributed by atoms with Crippen molar-refractivity contribution in [3.05, 3.63) is 39.7 Å². The normalized spacial score (nSPS) is 11.1. The van der Waals surface area contributed by atoms with Gasteiger partial charge in [-0.2, -0.15) is 0 Å². The summed E-state index contributed by atoms with van der Waals surface area (Å²) in [7, 11) is 0. The number of nitrogen functional groups attached to an aromatic ring is 1. The molecule has 2 N–H and O–H groups in total. The van der Waals surface area contributed by atoms with E-state index in [2.05, 4.69) is 4.98 Å². The standard InChI is InChI=1S/C12H12FN3O2/c1-6(2)9-4-7-3-8(13)5-10(16(17)18)11(7)15-12(9)14/h3-6H,1-2H3,(H2,14,15). The van der Waals surface area contributed by atoms with E-state index < -0.39 is 10.7 Å². The highest BCUT2D eigenvalue weighted by Gasteiger charge is 2.18. The van der Waals surface area contributed by atoms with Gasteiger partial charge in [0.1, 0.15) is 11.6 Å². The van der Waals surface area contributed by atoms with Gasteiger partial charge in [-0.3, -0.25) is 10.1 Å². The molecule has 0 saturated heterocycles. The first-order valence-electron chi connectivity index (χ1n) is 5.44. The van der Waals surface area contributed by atoms with Crippen LogP contribution in [0.5, 0.6) is 0 Å². The third-order valence-corrected chi connectivity index (χ3v) is 2.74. The zero-order valence-electron chi connectivity index (χ0n) is 9.98. The number of aromatic nitrogens is 1. The lowest BCUT2D eigenvalue weighted by Crippen LogP contribution is -2.02. The van der Waals surface area contributed by atoms with Crippen LogP contribution in [-0.2, 0) is 0 Å². The summed E-state index contributed by atoms with van der Waals surface area (Å²) in [5, 5.41) is 11.2. The van der Waals surface area contributed by atoms with Crippen molar-refractivity contribution in [1.29, 1.82) is 0 Å². The summed E-state index contributed by atoms with van der Waals surface area (Å²) in [6, 6.07) is 3.73. The molecule has 0 radical (unpaired) electrons. The number of pyridine rings is 1. The van der Waals surface area contributed by atoms with E-state index in [0.29, 0.717) is 5.39 Å². The number of nitro groups is 1. The molecule has 6 heteroatoms. The van der Waals surface area contributed by atoms with Gasteiger partial charge in [0.25, 0.3) is 5.69 Å². The van der Waals surface area contributed by atoms with Crippen molar-refractivity contribution in [2.75, 3.05) is 5.73 Å². The lowest BCUT2D eigenvalue weighted by molar-refractivity contribution is -0.383. The number of non-ortho nitro benzene ring substituents is 1. The molecule has 1 aromatic heterocycles. The molecule has 0 amide bonds. The maximum atomic E-state index is 13.3. The van der Waals surface area contributed by atoms with Gasteiger partial charge < -0.3 is 5.73 Å². The second kappa shape index (κ2) is 4.21. The highest BCUT2D eigenvalue weighted by molar-refractivity contribution is 5.89. The molecule has 0 aliphatic heterocycles. The number of nitrogens with zero attached hydrogens (tertiary/aromatic N) is 2. The van der Waals surface area contributed by atoms with Crippen LogP contribution in [0.3, 0.4) is 0 Å². The number of hydrogen-bond acceptors (Lipinski definition) is 4. The molecule has 18 heavy (non-hydrogen) atoms. The predicted molar refractivity (Wildman–Crippen MR) is 66.9 cm³/mol. The van der Waals surface area contributed by atoms with Crippen LogP contribution in [0.2, 0.25) is 0 Å². The fourth-order valence-electron chi connectivity index (χ4n) is 1.87. The molecule has 94 valence electrons. The zero-order chi connectivity index (χ0) is 13.4. The minimum absolute atomic E-state index is 0.114. The fraction of sp³-hybridized carbons (Fsp3) is 0.250. The summed E-state index contributed by atoms with van der Waals surface area (Å²) in [4.78, 5) is 14.2. The Morgan fingerprint density at radius 3 is 2.61 bits per heavy atom. The van der Waals surface area contributed by atoms with Gasteiger partial charge in [-0.15, -0.1) is 0 Å². The van der Waals surface area contributed by atoms with Crippen molar-refractivity contribution >= 4 is 22.4 Å². The lowest BCUT2D eigenvalue weighted by Gasteiger charge is -2.10. The Labute approximate surface area is 103 Å². The molecule has 2 rings (SSSR count). The van der Waals surface area contributed by atoms with E-state index in [1.54, 1.807) is 6.07 Å². The summed E-state index contributed by atoms with van der Waals surface area (Å²) in [5.41, 5.74) is 6.27. The van der Waals surface area contributed by atoms with Crippen molar-refractivity contribution in [3.63, 3.8) is 0 Å². The quantitative estimate of drug-likeness (QED) is 0.655. The summed E-state index contributed by atoms with van der Waals surface area (Å²) >= 11 is 0. The minimum Gasteiger partial charge on any atom is -0.383 e. The van der Waals surface area contributed by atoms with E-state index in [1.165, 1.54) is 6.07 Å². The number of hydrogen-bond donors (Lipinski definition) is 1. The Hall–Kier alpha value is -2.24. The van der Waals surface area contributed by atoms with Gasteiger partial charge in [-0.1, -0.05) is 13.8 Å². The smallest absolute Gasteiger partial charge is 0.298 e. The van der Waals surface area contributed by atoms with Gasteiger partial charge in [0, 0.05) is 5.39 Å². The average Bonchev–Trinajstić information content (AvgIpc) is 2.27. The van der Waals surface area contributed by atoms with Crippen LogP contribution in [-0.4, -0.2) is 9.91 Å². The van der Waals surface area contributed by atoms with Crippen molar-refractivity contribution < 1.29 is 9.31 Å². The Morgan fingerprint density at radius 2 is 2.06 bits per heavy atom. The first kappa shape index (κ1) is 12.2. The van der Waals surface area contributed by atoms with Crippen molar-refractivity contribution in [2.45, 2.75) is 19.8 Å². The highest BCUT2D eigenvalue weighted by Crippen LogP contribution is 2.30. The number of fused-ring (bicyclic) bond motifs is 1. The van der Waals surface area contributed by atoms with Crippen molar-refractivity contribution in [1.82, 2.24) is 4.98 Å².